The molecule has 12 nitrogen and oxygen atoms in total. The summed E-state index contributed by atoms with van der Waals surface area (Å²) in [5.41, 5.74) is -1.46. The molecule has 5 fully saturated rings. The number of nitrogens with zero attached hydrogens (tertiary/aromatic N) is 2. The highest BCUT2D eigenvalue weighted by Crippen LogP contribution is 2.57. The summed E-state index contributed by atoms with van der Waals surface area (Å²) in [5, 5.41) is -0.599. The van der Waals surface area contributed by atoms with E-state index in [0.717, 1.165) is 70.6 Å². The third kappa shape index (κ3) is 7.75. The van der Waals surface area contributed by atoms with E-state index >= 15 is 0 Å². The molecule has 284 valence electrons. The molecule has 0 spiro atoms. The number of fused-ring (bicyclic) bond motifs is 4. The molecule has 6 aliphatic rings. The first-order valence-corrected chi connectivity index (χ1v) is 21.1. The van der Waals surface area contributed by atoms with Crippen molar-refractivity contribution in [3.63, 3.8) is 0 Å². The fourth-order valence-electron chi connectivity index (χ4n) is 9.50. The molecule has 3 heterocycles. The summed E-state index contributed by atoms with van der Waals surface area (Å²) >= 11 is 0. The van der Waals surface area contributed by atoms with Gasteiger partial charge in [0.1, 0.15) is 12.2 Å². The molecule has 7 atom stereocenters. The normalized spacial score (nSPS) is 33.2. The number of carbonyl (C=O) groups excluding carboxylic acids is 4. The van der Waals surface area contributed by atoms with Crippen molar-refractivity contribution in [2.24, 2.45) is 29.1 Å². The summed E-state index contributed by atoms with van der Waals surface area (Å²) in [6, 6.07) is 3.92. The molecule has 2 amide bonds. The molecule has 13 heteroatoms. The Morgan fingerprint density at radius 3 is 2.38 bits per heavy atom. The second-order valence-electron chi connectivity index (χ2n) is 16.3. The van der Waals surface area contributed by atoms with Crippen LogP contribution in [0.25, 0.3) is 0 Å². The summed E-state index contributed by atoms with van der Waals surface area (Å²) in [7, 11) is -3.84. The Hall–Kier alpha value is -3.48. The molecule has 0 radical (unpaired) electrons. The van der Waals surface area contributed by atoms with Gasteiger partial charge in [-0.15, -0.1) is 6.58 Å². The van der Waals surface area contributed by atoms with Crippen molar-refractivity contribution in [2.75, 3.05) is 6.54 Å². The van der Waals surface area contributed by atoms with E-state index in [1.54, 1.807) is 22.8 Å². The molecule has 4 saturated carbocycles. The van der Waals surface area contributed by atoms with Crippen LogP contribution in [0.3, 0.4) is 0 Å². The molecule has 0 aromatic carbocycles. The van der Waals surface area contributed by atoms with E-state index in [1.807, 2.05) is 0 Å². The Kier molecular flexibility index (Phi) is 10.7. The van der Waals surface area contributed by atoms with Gasteiger partial charge in [0.15, 0.2) is 11.7 Å². The first-order valence-electron chi connectivity index (χ1n) is 19.6. The van der Waals surface area contributed by atoms with Crippen LogP contribution in [0.15, 0.2) is 35.6 Å². The van der Waals surface area contributed by atoms with Gasteiger partial charge in [0.05, 0.1) is 35.6 Å². The highest BCUT2D eigenvalue weighted by Gasteiger charge is 2.61. The summed E-state index contributed by atoms with van der Waals surface area (Å²) in [4.78, 5) is 70.9. The molecule has 4 aliphatic carbocycles. The maximum absolute atomic E-state index is 14.8. The molecular formula is C39H53N3O9S. The van der Waals surface area contributed by atoms with Crippen molar-refractivity contribution >= 4 is 33.6 Å². The maximum Gasteiger partial charge on any atom is 0.306 e. The maximum atomic E-state index is 14.8. The number of ether oxygens (including phenoxy) is 2. The number of sulfonamides is 1. The van der Waals surface area contributed by atoms with Crippen LogP contribution < -0.4 is 15.0 Å². The van der Waals surface area contributed by atoms with Crippen molar-refractivity contribution in [3.05, 3.63) is 41.2 Å². The minimum absolute atomic E-state index is 0.0293. The predicted octanol–water partition coefficient (Wildman–Crippen LogP) is 4.44. The van der Waals surface area contributed by atoms with Gasteiger partial charge in [0.2, 0.25) is 21.8 Å². The zero-order valence-corrected chi connectivity index (χ0v) is 30.9. The molecule has 1 aromatic rings. The summed E-state index contributed by atoms with van der Waals surface area (Å²) in [6.45, 7) is 4.36. The zero-order chi connectivity index (χ0) is 36.6. The van der Waals surface area contributed by atoms with Gasteiger partial charge in [-0.05, 0) is 88.0 Å². The third-order valence-electron chi connectivity index (χ3n) is 12.8. The Morgan fingerprint density at radius 2 is 1.65 bits per heavy atom. The Bertz CT molecular complexity index is 1730. The van der Waals surface area contributed by atoms with E-state index in [2.05, 4.69) is 11.3 Å². The largest absolute Gasteiger partial charge is 0.473 e. The highest BCUT2D eigenvalue weighted by molar-refractivity contribution is 7.90. The number of esters is 1. The number of carbonyl (C=O) groups is 4. The molecular weight excluding hydrogens is 687 g/mol. The lowest BCUT2D eigenvalue weighted by Gasteiger charge is -2.31. The monoisotopic (exact) mass is 739 g/mol. The second kappa shape index (κ2) is 15.1. The van der Waals surface area contributed by atoms with Crippen LogP contribution in [0.1, 0.15) is 109 Å². The SMILES string of the molecule is C=C[C@@H]1C[C@]1(CC(=O)[C@@H]1C[C@@H]2CN1C(=O)[C@H](C1CCCC1)CC(=O)O[C@@H]1CCC[C@H]1CCCCCn1c(cccc1=O)O2)C(=O)NS(=O)(=O)C1CC1. The van der Waals surface area contributed by atoms with Gasteiger partial charge in [0, 0.05) is 25.5 Å². The number of nitrogens with one attached hydrogen (secondary N) is 1. The van der Waals surface area contributed by atoms with E-state index in [4.69, 9.17) is 9.47 Å². The lowest BCUT2D eigenvalue weighted by atomic mass is 9.86. The quantitative estimate of drug-likeness (QED) is 0.301. The third-order valence-corrected chi connectivity index (χ3v) is 14.6. The summed E-state index contributed by atoms with van der Waals surface area (Å²) < 4.78 is 41.9. The standard InChI is InChI=1S/C39H53N3O9S/c1-2-27-22-39(27,38(47)40-52(48,49)29-17-18-29)23-32(43)31-20-28-24-42(31)37(46)30(25-10-5-6-11-25)21-36(45)51-33-14-8-13-26(33)12-4-3-7-19-41-34(44)15-9-16-35(41)50-28/h2,9,15-16,25-31,33H,1,3-8,10-14,17-24H2,(H,40,47)/t26-,27-,28-,30+,31+,33-,39-/m1/s1. The Balaban J connectivity index is 1.19. The average molecular weight is 740 g/mol. The van der Waals surface area contributed by atoms with Crippen molar-refractivity contribution in [1.82, 2.24) is 14.2 Å². The highest BCUT2D eigenvalue weighted by atomic mass is 32.2. The first kappa shape index (κ1) is 36.9. The predicted molar refractivity (Wildman–Crippen MR) is 191 cm³/mol. The number of pyridine rings is 1. The van der Waals surface area contributed by atoms with Gasteiger partial charge in [-0.25, -0.2) is 8.42 Å². The molecule has 1 N–H and O–H groups in total. The van der Waals surface area contributed by atoms with E-state index in [0.29, 0.717) is 25.3 Å². The van der Waals surface area contributed by atoms with Crippen LogP contribution in [-0.2, 0) is 40.5 Å². The number of rotatable bonds is 8. The number of ketones is 1. The van der Waals surface area contributed by atoms with Gasteiger partial charge in [-0.3, -0.25) is 33.3 Å². The van der Waals surface area contributed by atoms with E-state index in [1.165, 1.54) is 11.0 Å². The fourth-order valence-corrected chi connectivity index (χ4v) is 10.9. The molecule has 2 bridgehead atoms. The molecule has 1 aromatic heterocycles. The van der Waals surface area contributed by atoms with Gasteiger partial charge in [-0.1, -0.05) is 37.8 Å². The minimum Gasteiger partial charge on any atom is -0.473 e. The Labute approximate surface area is 306 Å². The van der Waals surface area contributed by atoms with Crippen molar-refractivity contribution in [2.45, 2.75) is 139 Å². The lowest BCUT2D eigenvalue weighted by molar-refractivity contribution is -0.156. The number of allylic oxidation sites excluding steroid dienone is 1. The number of amides is 2. The van der Waals surface area contributed by atoms with Crippen LogP contribution in [0.5, 0.6) is 5.88 Å². The van der Waals surface area contributed by atoms with E-state index < -0.39 is 44.7 Å². The van der Waals surface area contributed by atoms with Gasteiger partial charge in [0.25, 0.3) is 5.56 Å². The molecule has 7 rings (SSSR count). The first-order chi connectivity index (χ1) is 25.0. The van der Waals surface area contributed by atoms with Crippen molar-refractivity contribution < 1.29 is 37.1 Å². The van der Waals surface area contributed by atoms with Gasteiger partial charge < -0.3 is 14.4 Å². The minimum atomic E-state index is -3.84. The number of hydrogen-bond donors (Lipinski definition) is 1. The van der Waals surface area contributed by atoms with Crippen LogP contribution >= 0.6 is 0 Å². The molecule has 1 saturated heterocycles. The topological polar surface area (TPSA) is 158 Å². The van der Waals surface area contributed by atoms with Crippen molar-refractivity contribution in [1.29, 1.82) is 0 Å². The smallest absolute Gasteiger partial charge is 0.306 e. The van der Waals surface area contributed by atoms with E-state index in [-0.39, 0.29) is 79.3 Å². The fraction of sp³-hybridized carbons (Fsp3) is 0.718. The molecule has 2 aliphatic heterocycles. The zero-order valence-electron chi connectivity index (χ0n) is 30.0. The number of Topliss-reactive ketones (excluding diaryl/α,β-unsaturated/α-hetero) is 1. The van der Waals surface area contributed by atoms with Crippen LogP contribution in [-0.4, -0.2) is 71.5 Å². The molecule has 52 heavy (non-hydrogen) atoms. The number of aromatic nitrogens is 1. The second-order valence-corrected chi connectivity index (χ2v) is 18.2. The van der Waals surface area contributed by atoms with Crippen LogP contribution in [0.4, 0.5) is 0 Å². The molecule has 0 unspecified atom stereocenters. The van der Waals surface area contributed by atoms with Crippen molar-refractivity contribution in [3.8, 4) is 5.88 Å². The summed E-state index contributed by atoms with van der Waals surface area (Å²) in [6.07, 6.45) is 11.8. The van der Waals surface area contributed by atoms with Gasteiger partial charge in [-0.2, -0.15) is 0 Å². The van der Waals surface area contributed by atoms with Gasteiger partial charge >= 0.3 is 5.97 Å². The number of hydrogen-bond acceptors (Lipinski definition) is 9. The Morgan fingerprint density at radius 1 is 0.923 bits per heavy atom. The lowest BCUT2D eigenvalue weighted by Crippen LogP contribution is -2.47. The van der Waals surface area contributed by atoms with E-state index in [9.17, 15) is 32.4 Å². The summed E-state index contributed by atoms with van der Waals surface area (Å²) in [5.74, 6) is -2.16. The van der Waals surface area contributed by atoms with Crippen LogP contribution in [0.2, 0.25) is 0 Å². The average Bonchev–Trinajstić information content (AvgIpc) is 3.90. The van der Waals surface area contributed by atoms with Crippen LogP contribution in [0, 0.1) is 29.1 Å².